The van der Waals surface area contributed by atoms with E-state index in [1.54, 1.807) is 13.1 Å². The molecule has 6 heteroatoms. The summed E-state index contributed by atoms with van der Waals surface area (Å²) in [6, 6.07) is 7.80. The van der Waals surface area contributed by atoms with Crippen molar-refractivity contribution in [3.63, 3.8) is 0 Å². The second kappa shape index (κ2) is 6.49. The number of rotatable bonds is 5. The van der Waals surface area contributed by atoms with Gasteiger partial charge in [0.25, 0.3) is 5.56 Å². The SMILES string of the molecule is CNCc1cc(=O)[nH]c(CSc2cccc(F)c2)n1. The summed E-state index contributed by atoms with van der Waals surface area (Å²) < 4.78 is 13.0. The van der Waals surface area contributed by atoms with Crippen molar-refractivity contribution >= 4 is 11.8 Å². The zero-order valence-electron chi connectivity index (χ0n) is 10.4. The summed E-state index contributed by atoms with van der Waals surface area (Å²) in [4.78, 5) is 19.3. The lowest BCUT2D eigenvalue weighted by Crippen LogP contribution is -2.16. The Morgan fingerprint density at radius 2 is 2.26 bits per heavy atom. The van der Waals surface area contributed by atoms with Gasteiger partial charge in [0, 0.05) is 17.5 Å². The van der Waals surface area contributed by atoms with Crippen molar-refractivity contribution < 1.29 is 4.39 Å². The largest absolute Gasteiger partial charge is 0.314 e. The summed E-state index contributed by atoms with van der Waals surface area (Å²) in [5.74, 6) is 0.818. The van der Waals surface area contributed by atoms with Crippen molar-refractivity contribution in [2.24, 2.45) is 0 Å². The van der Waals surface area contributed by atoms with Crippen LogP contribution in [0.1, 0.15) is 11.5 Å². The van der Waals surface area contributed by atoms with Gasteiger partial charge in [0.2, 0.25) is 0 Å². The van der Waals surface area contributed by atoms with Crippen molar-refractivity contribution in [2.75, 3.05) is 7.05 Å². The van der Waals surface area contributed by atoms with Crippen LogP contribution in [0.4, 0.5) is 4.39 Å². The van der Waals surface area contributed by atoms with Gasteiger partial charge >= 0.3 is 0 Å². The maximum Gasteiger partial charge on any atom is 0.251 e. The number of H-pyrrole nitrogens is 1. The van der Waals surface area contributed by atoms with E-state index in [0.717, 1.165) is 4.90 Å². The molecule has 100 valence electrons. The second-order valence-corrected chi connectivity index (χ2v) is 5.01. The molecule has 0 fully saturated rings. The van der Waals surface area contributed by atoms with Crippen LogP contribution in [0.2, 0.25) is 0 Å². The standard InChI is InChI=1S/C13H14FN3OS/c1-15-7-10-6-13(18)17-12(16-10)8-19-11-4-2-3-9(14)5-11/h2-6,15H,7-8H2,1H3,(H,16,17,18). The Hall–Kier alpha value is -1.66. The van der Waals surface area contributed by atoms with Gasteiger partial charge in [-0.05, 0) is 25.2 Å². The van der Waals surface area contributed by atoms with Crippen molar-refractivity contribution in [2.45, 2.75) is 17.2 Å². The third kappa shape index (κ3) is 4.18. The number of hydrogen-bond acceptors (Lipinski definition) is 4. The Labute approximate surface area is 114 Å². The highest BCUT2D eigenvalue weighted by atomic mass is 32.2. The first-order chi connectivity index (χ1) is 9.17. The number of aromatic amines is 1. The first kappa shape index (κ1) is 13.8. The fourth-order valence-corrected chi connectivity index (χ4v) is 2.42. The summed E-state index contributed by atoms with van der Waals surface area (Å²) in [5.41, 5.74) is 0.524. The van der Waals surface area contributed by atoms with Crippen LogP contribution in [-0.2, 0) is 12.3 Å². The minimum atomic E-state index is -0.268. The molecule has 1 aromatic carbocycles. The molecular weight excluding hydrogens is 265 g/mol. The summed E-state index contributed by atoms with van der Waals surface area (Å²) in [6.07, 6.45) is 0. The minimum Gasteiger partial charge on any atom is -0.314 e. The zero-order valence-corrected chi connectivity index (χ0v) is 11.3. The van der Waals surface area contributed by atoms with Crippen molar-refractivity contribution in [1.29, 1.82) is 0 Å². The highest BCUT2D eigenvalue weighted by Crippen LogP contribution is 2.21. The molecule has 0 atom stereocenters. The number of hydrogen-bond donors (Lipinski definition) is 2. The van der Waals surface area contributed by atoms with E-state index in [2.05, 4.69) is 15.3 Å². The van der Waals surface area contributed by atoms with Gasteiger partial charge in [0.15, 0.2) is 0 Å². The molecule has 0 bridgehead atoms. The molecule has 2 aromatic rings. The minimum absolute atomic E-state index is 0.171. The number of halogens is 1. The van der Waals surface area contributed by atoms with E-state index in [1.165, 1.54) is 30.0 Å². The molecule has 0 aliphatic carbocycles. The Bertz CT molecular complexity index is 615. The van der Waals surface area contributed by atoms with Crippen molar-refractivity contribution in [3.8, 4) is 0 Å². The Balaban J connectivity index is 2.09. The van der Waals surface area contributed by atoms with Crippen LogP contribution in [-0.4, -0.2) is 17.0 Å². The molecule has 0 saturated heterocycles. The van der Waals surface area contributed by atoms with Crippen LogP contribution in [0.15, 0.2) is 40.0 Å². The molecular formula is C13H14FN3OS. The molecule has 4 nitrogen and oxygen atoms in total. The lowest BCUT2D eigenvalue weighted by atomic mass is 10.4. The molecule has 1 aromatic heterocycles. The van der Waals surface area contributed by atoms with Gasteiger partial charge in [-0.2, -0.15) is 0 Å². The average molecular weight is 279 g/mol. The third-order valence-electron chi connectivity index (χ3n) is 2.37. The Morgan fingerprint density at radius 3 is 3.00 bits per heavy atom. The molecule has 19 heavy (non-hydrogen) atoms. The molecule has 0 aliphatic rings. The second-order valence-electron chi connectivity index (χ2n) is 3.96. The van der Waals surface area contributed by atoms with Crippen LogP contribution in [0, 0.1) is 5.82 Å². The van der Waals surface area contributed by atoms with E-state index in [4.69, 9.17) is 0 Å². The lowest BCUT2D eigenvalue weighted by molar-refractivity contribution is 0.624. The van der Waals surface area contributed by atoms with Gasteiger partial charge in [-0.3, -0.25) is 4.79 Å². The first-order valence-corrected chi connectivity index (χ1v) is 6.78. The molecule has 2 rings (SSSR count). The first-order valence-electron chi connectivity index (χ1n) is 5.79. The molecule has 0 spiro atoms. The molecule has 0 radical (unpaired) electrons. The van der Waals surface area contributed by atoms with Crippen molar-refractivity contribution in [1.82, 2.24) is 15.3 Å². The van der Waals surface area contributed by atoms with Gasteiger partial charge in [-0.15, -0.1) is 11.8 Å². The maximum absolute atomic E-state index is 13.0. The Kier molecular flexibility index (Phi) is 4.70. The summed E-state index contributed by atoms with van der Waals surface area (Å²) in [7, 11) is 1.80. The number of aromatic nitrogens is 2. The molecule has 0 amide bonds. The van der Waals surface area contributed by atoms with Crippen LogP contribution in [0.5, 0.6) is 0 Å². The molecule has 0 aliphatic heterocycles. The highest BCUT2D eigenvalue weighted by Gasteiger charge is 2.03. The fraction of sp³-hybridized carbons (Fsp3) is 0.231. The van der Waals surface area contributed by atoms with Gasteiger partial charge in [0.05, 0.1) is 11.4 Å². The van der Waals surface area contributed by atoms with Gasteiger partial charge in [-0.1, -0.05) is 6.07 Å². The zero-order chi connectivity index (χ0) is 13.7. The molecule has 0 saturated carbocycles. The van der Waals surface area contributed by atoms with E-state index in [0.29, 0.717) is 23.8 Å². The smallest absolute Gasteiger partial charge is 0.251 e. The highest BCUT2D eigenvalue weighted by molar-refractivity contribution is 7.98. The van der Waals surface area contributed by atoms with Gasteiger partial charge in [-0.25, -0.2) is 9.37 Å². The number of nitrogens with one attached hydrogen (secondary N) is 2. The maximum atomic E-state index is 13.0. The van der Waals surface area contributed by atoms with E-state index >= 15 is 0 Å². The quantitative estimate of drug-likeness (QED) is 0.821. The van der Waals surface area contributed by atoms with E-state index in [-0.39, 0.29) is 11.4 Å². The van der Waals surface area contributed by atoms with E-state index in [9.17, 15) is 9.18 Å². The number of nitrogens with zero attached hydrogens (tertiary/aromatic N) is 1. The average Bonchev–Trinajstić information content (AvgIpc) is 2.36. The molecule has 1 heterocycles. The number of benzene rings is 1. The predicted octanol–water partition coefficient (Wildman–Crippen LogP) is 1.92. The predicted molar refractivity (Wildman–Crippen MR) is 73.6 cm³/mol. The summed E-state index contributed by atoms with van der Waals surface area (Å²) in [5, 5.41) is 2.95. The summed E-state index contributed by atoms with van der Waals surface area (Å²) >= 11 is 1.43. The van der Waals surface area contributed by atoms with Crippen LogP contribution < -0.4 is 10.9 Å². The molecule has 2 N–H and O–H groups in total. The topological polar surface area (TPSA) is 57.8 Å². The Morgan fingerprint density at radius 1 is 1.42 bits per heavy atom. The lowest BCUT2D eigenvalue weighted by Gasteiger charge is -2.04. The molecule has 0 unspecified atom stereocenters. The van der Waals surface area contributed by atoms with Gasteiger partial charge < -0.3 is 10.3 Å². The van der Waals surface area contributed by atoms with E-state index in [1.807, 2.05) is 6.07 Å². The van der Waals surface area contributed by atoms with Crippen LogP contribution >= 0.6 is 11.8 Å². The third-order valence-corrected chi connectivity index (χ3v) is 3.38. The van der Waals surface area contributed by atoms with Crippen LogP contribution in [0.3, 0.4) is 0 Å². The van der Waals surface area contributed by atoms with E-state index < -0.39 is 0 Å². The van der Waals surface area contributed by atoms with Crippen LogP contribution in [0.25, 0.3) is 0 Å². The van der Waals surface area contributed by atoms with Crippen molar-refractivity contribution in [3.05, 3.63) is 58.0 Å². The normalized spacial score (nSPS) is 10.6. The van der Waals surface area contributed by atoms with Gasteiger partial charge in [0.1, 0.15) is 11.6 Å². The fourth-order valence-electron chi connectivity index (χ4n) is 1.61. The number of thioether (sulfide) groups is 1. The summed E-state index contributed by atoms with van der Waals surface area (Å²) in [6.45, 7) is 0.543. The monoisotopic (exact) mass is 279 g/mol.